The molecular formula is C17H13FN2O2. The number of carbonyl (C=O) groups is 1. The van der Waals surface area contributed by atoms with Gasteiger partial charge < -0.3 is 5.11 Å². The normalized spacial score (nSPS) is 17.9. The highest BCUT2D eigenvalue weighted by molar-refractivity contribution is 6.47. The molecule has 0 aromatic heterocycles. The molecule has 1 heterocycles. The van der Waals surface area contributed by atoms with Gasteiger partial charge in [0.15, 0.2) is 0 Å². The average molecular weight is 296 g/mol. The van der Waals surface area contributed by atoms with E-state index in [-0.39, 0.29) is 11.5 Å². The molecule has 0 saturated heterocycles. The van der Waals surface area contributed by atoms with Gasteiger partial charge in [0.05, 0.1) is 0 Å². The van der Waals surface area contributed by atoms with Gasteiger partial charge in [0.25, 0.3) is 5.91 Å². The molecule has 1 aliphatic rings. The van der Waals surface area contributed by atoms with Gasteiger partial charge in [0, 0.05) is 12.0 Å². The topological polar surface area (TPSA) is 62.0 Å². The maximum Gasteiger partial charge on any atom is 0.274 e. The minimum absolute atomic E-state index is 0.209. The first-order chi connectivity index (χ1) is 10.6. The monoisotopic (exact) mass is 296 g/mol. The molecule has 2 aromatic carbocycles. The molecule has 110 valence electrons. The quantitative estimate of drug-likeness (QED) is 0.946. The molecule has 1 N–H and O–H groups in total. The second-order valence-corrected chi connectivity index (χ2v) is 4.96. The van der Waals surface area contributed by atoms with Crippen molar-refractivity contribution in [3.63, 3.8) is 0 Å². The predicted octanol–water partition coefficient (Wildman–Crippen LogP) is 2.72. The van der Waals surface area contributed by atoms with Gasteiger partial charge in [-0.05, 0) is 29.8 Å². The molecule has 2 aromatic rings. The molecule has 0 fully saturated rings. The number of amides is 1. The van der Waals surface area contributed by atoms with Gasteiger partial charge in [-0.15, -0.1) is 0 Å². The molecule has 1 atom stereocenters. The molecule has 0 spiro atoms. The number of aliphatic hydroxyl groups excluding tert-OH is 1. The Morgan fingerprint density at radius 2 is 1.73 bits per heavy atom. The lowest BCUT2D eigenvalue weighted by atomic mass is 10.0. The van der Waals surface area contributed by atoms with E-state index in [9.17, 15) is 14.3 Å². The van der Waals surface area contributed by atoms with E-state index < -0.39 is 17.8 Å². The molecule has 4 nitrogen and oxygen atoms in total. The maximum absolute atomic E-state index is 13.0. The zero-order chi connectivity index (χ0) is 15.5. The Bertz CT molecular complexity index is 752. The molecule has 0 saturated carbocycles. The van der Waals surface area contributed by atoms with Gasteiger partial charge in [-0.2, -0.15) is 4.99 Å². The summed E-state index contributed by atoms with van der Waals surface area (Å²) in [6.07, 6.45) is 0.404. The van der Waals surface area contributed by atoms with Crippen molar-refractivity contribution < 1.29 is 14.3 Å². The zero-order valence-corrected chi connectivity index (χ0v) is 11.6. The summed E-state index contributed by atoms with van der Waals surface area (Å²) < 4.78 is 13.0. The minimum atomic E-state index is -0.682. The lowest BCUT2D eigenvalue weighted by Gasteiger charge is -2.16. The van der Waals surface area contributed by atoms with Crippen LogP contribution in [-0.4, -0.2) is 28.7 Å². The summed E-state index contributed by atoms with van der Waals surface area (Å²) in [7, 11) is 0. The van der Waals surface area contributed by atoms with Crippen LogP contribution in [0.25, 0.3) is 0 Å². The number of hydrogen-bond donors (Lipinski definition) is 1. The van der Waals surface area contributed by atoms with E-state index in [0.29, 0.717) is 12.0 Å². The molecule has 5 heteroatoms. The maximum atomic E-state index is 13.0. The number of aliphatic imine (C=N–C) groups is 2. The Labute approximate surface area is 126 Å². The molecule has 0 radical (unpaired) electrons. The van der Waals surface area contributed by atoms with E-state index in [1.807, 2.05) is 30.3 Å². The standard InChI is InChI=1S/C17H13FN2O2/c18-13-8-6-12(7-9-13)15-17(22)20-16(21)14(19-15)10-11-4-2-1-3-5-11/h1-9,14H,10H2,(H,20,21,22). The van der Waals surface area contributed by atoms with Crippen LogP contribution in [0.15, 0.2) is 64.6 Å². The number of carbonyl (C=O) groups excluding carboxylic acids is 1. The summed E-state index contributed by atoms with van der Waals surface area (Å²) >= 11 is 0. The van der Waals surface area contributed by atoms with Crippen molar-refractivity contribution >= 4 is 17.5 Å². The Balaban J connectivity index is 1.91. The molecule has 1 amide bonds. The third-order valence-corrected chi connectivity index (χ3v) is 3.39. The van der Waals surface area contributed by atoms with Crippen LogP contribution in [0.4, 0.5) is 4.39 Å². The van der Waals surface area contributed by atoms with Crippen LogP contribution in [-0.2, 0) is 11.2 Å². The lowest BCUT2D eigenvalue weighted by Crippen LogP contribution is -2.31. The average Bonchev–Trinajstić information content (AvgIpc) is 2.52. The first-order valence-corrected chi connectivity index (χ1v) is 6.83. The van der Waals surface area contributed by atoms with Crippen molar-refractivity contribution in [3.05, 3.63) is 71.5 Å². The van der Waals surface area contributed by atoms with Crippen molar-refractivity contribution in [2.45, 2.75) is 12.5 Å². The smallest absolute Gasteiger partial charge is 0.274 e. The largest absolute Gasteiger partial charge is 0.492 e. The Hall–Kier alpha value is -2.82. The minimum Gasteiger partial charge on any atom is -0.492 e. The summed E-state index contributed by atoms with van der Waals surface area (Å²) in [5.74, 6) is -1.29. The third kappa shape index (κ3) is 2.93. The van der Waals surface area contributed by atoms with Crippen LogP contribution < -0.4 is 0 Å². The van der Waals surface area contributed by atoms with E-state index in [0.717, 1.165) is 5.56 Å². The Morgan fingerprint density at radius 3 is 2.41 bits per heavy atom. The highest BCUT2D eigenvalue weighted by Gasteiger charge is 2.26. The summed E-state index contributed by atoms with van der Waals surface area (Å²) in [6, 6.07) is 14.3. The number of rotatable bonds is 3. The van der Waals surface area contributed by atoms with Crippen molar-refractivity contribution in [2.24, 2.45) is 9.98 Å². The van der Waals surface area contributed by atoms with E-state index in [4.69, 9.17) is 0 Å². The first-order valence-electron chi connectivity index (χ1n) is 6.83. The van der Waals surface area contributed by atoms with Crippen molar-refractivity contribution in [1.29, 1.82) is 0 Å². The summed E-state index contributed by atoms with van der Waals surface area (Å²) in [5.41, 5.74) is 1.69. The summed E-state index contributed by atoms with van der Waals surface area (Å²) in [4.78, 5) is 19.9. The molecule has 0 aliphatic carbocycles. The van der Waals surface area contributed by atoms with Crippen LogP contribution in [0.5, 0.6) is 0 Å². The molecular weight excluding hydrogens is 283 g/mol. The van der Waals surface area contributed by atoms with Crippen LogP contribution in [0.2, 0.25) is 0 Å². The number of aliphatic hydroxyl groups is 1. The molecule has 1 aliphatic heterocycles. The molecule has 22 heavy (non-hydrogen) atoms. The van der Waals surface area contributed by atoms with E-state index in [1.165, 1.54) is 24.3 Å². The Kier molecular flexibility index (Phi) is 3.78. The molecule has 3 rings (SSSR count). The zero-order valence-electron chi connectivity index (χ0n) is 11.6. The fraction of sp³-hybridized carbons (Fsp3) is 0.118. The van der Waals surface area contributed by atoms with Crippen molar-refractivity contribution in [3.8, 4) is 0 Å². The van der Waals surface area contributed by atoms with Crippen LogP contribution >= 0.6 is 0 Å². The van der Waals surface area contributed by atoms with Gasteiger partial charge in [-0.1, -0.05) is 30.3 Å². The fourth-order valence-electron chi connectivity index (χ4n) is 2.28. The van der Waals surface area contributed by atoms with E-state index in [2.05, 4.69) is 9.98 Å². The highest BCUT2D eigenvalue weighted by Crippen LogP contribution is 2.15. The fourth-order valence-corrected chi connectivity index (χ4v) is 2.28. The summed E-state index contributed by atoms with van der Waals surface area (Å²) in [6.45, 7) is 0. The number of nitrogens with zero attached hydrogens (tertiary/aromatic N) is 2. The second kappa shape index (κ2) is 5.89. The number of benzene rings is 2. The number of hydrogen-bond acceptors (Lipinski definition) is 2. The first kappa shape index (κ1) is 14.1. The SMILES string of the molecule is O=C1N=C(O)C(c2ccc(F)cc2)=NC1Cc1ccccc1. The van der Waals surface area contributed by atoms with Gasteiger partial charge in [-0.25, -0.2) is 4.39 Å². The van der Waals surface area contributed by atoms with Gasteiger partial charge in [0.1, 0.15) is 17.6 Å². The van der Waals surface area contributed by atoms with Crippen molar-refractivity contribution in [1.82, 2.24) is 0 Å². The van der Waals surface area contributed by atoms with E-state index >= 15 is 0 Å². The van der Waals surface area contributed by atoms with Crippen LogP contribution in [0.1, 0.15) is 11.1 Å². The van der Waals surface area contributed by atoms with Crippen LogP contribution in [0.3, 0.4) is 0 Å². The van der Waals surface area contributed by atoms with E-state index in [1.54, 1.807) is 0 Å². The van der Waals surface area contributed by atoms with Gasteiger partial charge in [0.2, 0.25) is 5.90 Å². The predicted molar refractivity (Wildman–Crippen MR) is 81.9 cm³/mol. The van der Waals surface area contributed by atoms with Gasteiger partial charge in [-0.3, -0.25) is 9.79 Å². The molecule has 0 bridgehead atoms. The molecule has 1 unspecified atom stereocenters. The summed E-state index contributed by atoms with van der Waals surface area (Å²) in [5, 5.41) is 9.85. The van der Waals surface area contributed by atoms with Gasteiger partial charge >= 0.3 is 0 Å². The Morgan fingerprint density at radius 1 is 1.05 bits per heavy atom. The highest BCUT2D eigenvalue weighted by atomic mass is 19.1. The lowest BCUT2D eigenvalue weighted by molar-refractivity contribution is -0.119. The third-order valence-electron chi connectivity index (χ3n) is 3.39. The second-order valence-electron chi connectivity index (χ2n) is 4.96. The number of halogens is 1. The van der Waals surface area contributed by atoms with Crippen molar-refractivity contribution in [2.75, 3.05) is 0 Å². The van der Waals surface area contributed by atoms with Crippen LogP contribution in [0, 0.1) is 5.82 Å².